The van der Waals surface area contributed by atoms with E-state index in [-0.39, 0.29) is 24.0 Å². The lowest BCUT2D eigenvalue weighted by molar-refractivity contribution is -0.131. The van der Waals surface area contributed by atoms with Crippen molar-refractivity contribution in [1.29, 1.82) is 0 Å². The molecule has 0 aliphatic carbocycles. The van der Waals surface area contributed by atoms with Crippen molar-refractivity contribution in [1.82, 2.24) is 10.2 Å². The summed E-state index contributed by atoms with van der Waals surface area (Å²) in [5.74, 6) is 0.0315. The quantitative estimate of drug-likeness (QED) is 0.860. The standard InChI is InChI=1S/C19H24N2O3/c22-18(9-8-15-5-2-1-3-6-15)21-12-10-16(11-13-21)20-19(23)17-7-4-14-24-17/h1-3,5-6,8-9,16-17H,4,7,10-14H2,(H,20,23)/b9-8+. The highest BCUT2D eigenvalue weighted by molar-refractivity contribution is 5.91. The van der Waals surface area contributed by atoms with E-state index in [2.05, 4.69) is 5.32 Å². The topological polar surface area (TPSA) is 58.6 Å². The van der Waals surface area contributed by atoms with Gasteiger partial charge in [-0.05, 0) is 37.3 Å². The first-order chi connectivity index (χ1) is 11.7. The van der Waals surface area contributed by atoms with Crippen LogP contribution in [0.2, 0.25) is 0 Å². The normalized spacial score (nSPS) is 22.0. The fourth-order valence-electron chi connectivity index (χ4n) is 3.16. The van der Waals surface area contributed by atoms with Crippen molar-refractivity contribution in [3.8, 4) is 0 Å². The molecular weight excluding hydrogens is 304 g/mol. The molecule has 0 aromatic heterocycles. The Labute approximate surface area is 142 Å². The van der Waals surface area contributed by atoms with Crippen LogP contribution in [-0.4, -0.2) is 48.6 Å². The first kappa shape index (κ1) is 16.7. The first-order valence-electron chi connectivity index (χ1n) is 8.66. The fourth-order valence-corrected chi connectivity index (χ4v) is 3.16. The third-order valence-electron chi connectivity index (χ3n) is 4.59. The summed E-state index contributed by atoms with van der Waals surface area (Å²) in [6.07, 6.45) is 6.55. The van der Waals surface area contributed by atoms with Gasteiger partial charge in [-0.2, -0.15) is 0 Å². The SMILES string of the molecule is O=C(NC1CCN(C(=O)/C=C/c2ccccc2)CC1)C1CCCO1. The summed E-state index contributed by atoms with van der Waals surface area (Å²) in [5.41, 5.74) is 1.02. The second-order valence-corrected chi connectivity index (χ2v) is 6.35. The molecule has 2 heterocycles. The van der Waals surface area contributed by atoms with Crippen LogP contribution >= 0.6 is 0 Å². The number of benzene rings is 1. The van der Waals surface area contributed by atoms with Gasteiger partial charge in [-0.1, -0.05) is 30.3 Å². The number of likely N-dealkylation sites (tertiary alicyclic amines) is 1. The lowest BCUT2D eigenvalue weighted by Crippen LogP contribution is -2.48. The van der Waals surface area contributed by atoms with E-state index in [4.69, 9.17) is 4.74 Å². The predicted molar refractivity (Wildman–Crippen MR) is 92.2 cm³/mol. The molecule has 2 fully saturated rings. The van der Waals surface area contributed by atoms with E-state index in [9.17, 15) is 9.59 Å². The van der Waals surface area contributed by atoms with Gasteiger partial charge in [0.15, 0.2) is 0 Å². The van der Waals surface area contributed by atoms with Gasteiger partial charge in [-0.3, -0.25) is 9.59 Å². The Hall–Kier alpha value is -2.14. The van der Waals surface area contributed by atoms with Crippen LogP contribution in [0.15, 0.2) is 36.4 Å². The number of amides is 2. The molecule has 5 heteroatoms. The molecule has 24 heavy (non-hydrogen) atoms. The number of hydrogen-bond acceptors (Lipinski definition) is 3. The van der Waals surface area contributed by atoms with E-state index in [1.807, 2.05) is 41.3 Å². The van der Waals surface area contributed by atoms with Crippen molar-refractivity contribution in [2.45, 2.75) is 37.8 Å². The third-order valence-corrected chi connectivity index (χ3v) is 4.59. The highest BCUT2D eigenvalue weighted by atomic mass is 16.5. The number of piperidine rings is 1. The largest absolute Gasteiger partial charge is 0.368 e. The van der Waals surface area contributed by atoms with Crippen LogP contribution in [0.5, 0.6) is 0 Å². The Kier molecular flexibility index (Phi) is 5.64. The van der Waals surface area contributed by atoms with Crippen LogP contribution in [0.3, 0.4) is 0 Å². The zero-order valence-corrected chi connectivity index (χ0v) is 13.8. The van der Waals surface area contributed by atoms with Crippen molar-refractivity contribution >= 4 is 17.9 Å². The molecule has 0 saturated carbocycles. The molecule has 2 aliphatic rings. The lowest BCUT2D eigenvalue weighted by Gasteiger charge is -2.32. The lowest BCUT2D eigenvalue weighted by atomic mass is 10.0. The number of nitrogens with one attached hydrogen (secondary N) is 1. The zero-order valence-electron chi connectivity index (χ0n) is 13.8. The van der Waals surface area contributed by atoms with Crippen LogP contribution in [0.25, 0.3) is 6.08 Å². The summed E-state index contributed by atoms with van der Waals surface area (Å²) in [6.45, 7) is 2.03. The molecule has 0 spiro atoms. The number of nitrogens with zero attached hydrogens (tertiary/aromatic N) is 1. The molecule has 1 aromatic carbocycles. The van der Waals surface area contributed by atoms with E-state index in [1.54, 1.807) is 6.08 Å². The van der Waals surface area contributed by atoms with E-state index in [1.165, 1.54) is 0 Å². The summed E-state index contributed by atoms with van der Waals surface area (Å²) < 4.78 is 5.40. The summed E-state index contributed by atoms with van der Waals surface area (Å²) in [7, 11) is 0. The Morgan fingerprint density at radius 3 is 2.54 bits per heavy atom. The smallest absolute Gasteiger partial charge is 0.249 e. The maximum absolute atomic E-state index is 12.2. The molecule has 2 aliphatic heterocycles. The van der Waals surface area contributed by atoms with E-state index in [0.717, 1.165) is 31.2 Å². The predicted octanol–water partition coefficient (Wildman–Crippen LogP) is 1.99. The minimum atomic E-state index is -0.279. The molecule has 5 nitrogen and oxygen atoms in total. The molecule has 0 radical (unpaired) electrons. The van der Waals surface area contributed by atoms with Gasteiger partial charge < -0.3 is 15.0 Å². The van der Waals surface area contributed by atoms with Crippen LogP contribution in [-0.2, 0) is 14.3 Å². The van der Waals surface area contributed by atoms with E-state index >= 15 is 0 Å². The van der Waals surface area contributed by atoms with Gasteiger partial charge in [0.05, 0.1) is 0 Å². The van der Waals surface area contributed by atoms with Gasteiger partial charge in [0.2, 0.25) is 11.8 Å². The molecule has 128 valence electrons. The molecule has 2 amide bonds. The maximum atomic E-state index is 12.2. The maximum Gasteiger partial charge on any atom is 0.249 e. The number of rotatable bonds is 4. The molecule has 0 bridgehead atoms. The molecule has 2 saturated heterocycles. The monoisotopic (exact) mass is 328 g/mol. The number of carbonyl (C=O) groups excluding carboxylic acids is 2. The summed E-state index contributed by atoms with van der Waals surface area (Å²) in [4.78, 5) is 26.1. The third kappa shape index (κ3) is 4.45. The van der Waals surface area contributed by atoms with Crippen LogP contribution < -0.4 is 5.32 Å². The van der Waals surface area contributed by atoms with Crippen molar-refractivity contribution < 1.29 is 14.3 Å². The Morgan fingerprint density at radius 1 is 1.12 bits per heavy atom. The Bertz CT molecular complexity index is 586. The highest BCUT2D eigenvalue weighted by Gasteiger charge is 2.28. The summed E-state index contributed by atoms with van der Waals surface area (Å²) in [6, 6.07) is 9.94. The van der Waals surface area contributed by atoms with Crippen LogP contribution in [0.4, 0.5) is 0 Å². The molecule has 1 N–H and O–H groups in total. The van der Waals surface area contributed by atoms with Crippen LogP contribution in [0.1, 0.15) is 31.2 Å². The first-order valence-corrected chi connectivity index (χ1v) is 8.66. The van der Waals surface area contributed by atoms with E-state index < -0.39 is 0 Å². The van der Waals surface area contributed by atoms with Gasteiger partial charge >= 0.3 is 0 Å². The van der Waals surface area contributed by atoms with Gasteiger partial charge in [0, 0.05) is 31.8 Å². The fraction of sp³-hybridized carbons (Fsp3) is 0.474. The second-order valence-electron chi connectivity index (χ2n) is 6.35. The highest BCUT2D eigenvalue weighted by Crippen LogP contribution is 2.15. The van der Waals surface area contributed by atoms with E-state index in [0.29, 0.717) is 19.7 Å². The number of carbonyl (C=O) groups is 2. The molecular formula is C19H24N2O3. The average molecular weight is 328 g/mol. The minimum Gasteiger partial charge on any atom is -0.368 e. The van der Waals surface area contributed by atoms with Gasteiger partial charge in [-0.15, -0.1) is 0 Å². The molecule has 3 rings (SSSR count). The molecule has 1 atom stereocenters. The Balaban J connectivity index is 1.43. The second kappa shape index (κ2) is 8.11. The van der Waals surface area contributed by atoms with Crippen molar-refractivity contribution in [2.75, 3.05) is 19.7 Å². The van der Waals surface area contributed by atoms with Crippen molar-refractivity contribution in [2.24, 2.45) is 0 Å². The van der Waals surface area contributed by atoms with Gasteiger partial charge in [0.1, 0.15) is 6.10 Å². The zero-order chi connectivity index (χ0) is 16.8. The molecule has 1 unspecified atom stereocenters. The van der Waals surface area contributed by atoms with Crippen molar-refractivity contribution in [3.05, 3.63) is 42.0 Å². The van der Waals surface area contributed by atoms with Crippen molar-refractivity contribution in [3.63, 3.8) is 0 Å². The summed E-state index contributed by atoms with van der Waals surface area (Å²) >= 11 is 0. The summed E-state index contributed by atoms with van der Waals surface area (Å²) in [5, 5.41) is 3.06. The number of ether oxygens (including phenoxy) is 1. The Morgan fingerprint density at radius 2 is 1.88 bits per heavy atom. The average Bonchev–Trinajstić information content (AvgIpc) is 3.16. The van der Waals surface area contributed by atoms with Gasteiger partial charge in [-0.25, -0.2) is 0 Å². The van der Waals surface area contributed by atoms with Gasteiger partial charge in [0.25, 0.3) is 0 Å². The van der Waals surface area contributed by atoms with Crippen LogP contribution in [0, 0.1) is 0 Å². The minimum absolute atomic E-state index is 0.00116. The molecule has 1 aromatic rings. The number of hydrogen-bond donors (Lipinski definition) is 1.